The fourth-order valence-corrected chi connectivity index (χ4v) is 0.992. The number of allylic oxidation sites excluding steroid dienone is 1. The predicted octanol–water partition coefficient (Wildman–Crippen LogP) is 1.55. The van der Waals surface area contributed by atoms with Gasteiger partial charge in [0.25, 0.3) is 0 Å². The third-order valence-corrected chi connectivity index (χ3v) is 1.70. The molecule has 0 aromatic heterocycles. The largest absolute Gasteiger partial charge is 0.278 e. The predicted molar refractivity (Wildman–Crippen MR) is 34.2 cm³/mol. The molecule has 1 unspecified atom stereocenters. The van der Waals surface area contributed by atoms with Crippen molar-refractivity contribution in [3.63, 3.8) is 0 Å². The van der Waals surface area contributed by atoms with Crippen molar-refractivity contribution in [1.29, 1.82) is 0 Å². The van der Waals surface area contributed by atoms with Crippen molar-refractivity contribution >= 4 is 5.71 Å². The molecular weight excluding hydrogens is 98.1 g/mol. The molecule has 1 heteroatoms. The smallest absolute Gasteiger partial charge is 0.109 e. The maximum Gasteiger partial charge on any atom is 0.109 e. The van der Waals surface area contributed by atoms with Crippen molar-refractivity contribution in [3.05, 3.63) is 11.6 Å². The quantitative estimate of drug-likeness (QED) is 0.475. The van der Waals surface area contributed by atoms with E-state index in [9.17, 15) is 0 Å². The van der Waals surface area contributed by atoms with Crippen molar-refractivity contribution in [2.45, 2.75) is 25.8 Å². The Balaban J connectivity index is 1.92. The molecule has 0 N–H and O–H groups in total. The van der Waals surface area contributed by atoms with Gasteiger partial charge in [0.2, 0.25) is 0 Å². The molecule has 0 saturated carbocycles. The van der Waals surface area contributed by atoms with Crippen LogP contribution in [-0.4, -0.2) is 11.8 Å². The lowest BCUT2D eigenvalue weighted by molar-refractivity contribution is 1.18. The Bertz CT molecular complexity index is 177. The highest BCUT2D eigenvalue weighted by Crippen LogP contribution is 2.33. The first kappa shape index (κ1) is 4.30. The minimum absolute atomic E-state index is 0.597. The van der Waals surface area contributed by atoms with Gasteiger partial charge in [0.05, 0.1) is 0 Å². The summed E-state index contributed by atoms with van der Waals surface area (Å²) in [6.45, 7) is 2.17. The molecule has 1 atom stereocenters. The number of rotatable bonds is 2. The zero-order chi connectivity index (χ0) is 5.56. The first-order valence-electron chi connectivity index (χ1n) is 3.17. The van der Waals surface area contributed by atoms with Gasteiger partial charge in [-0.05, 0) is 18.4 Å². The minimum atomic E-state index is 0.597. The van der Waals surface area contributed by atoms with Crippen LogP contribution in [0.4, 0.5) is 0 Å². The van der Waals surface area contributed by atoms with Crippen molar-refractivity contribution in [3.8, 4) is 0 Å². The van der Waals surface area contributed by atoms with E-state index in [4.69, 9.17) is 0 Å². The molecule has 1 heterocycles. The molecule has 0 aromatic carbocycles. The zero-order valence-corrected chi connectivity index (χ0v) is 5.02. The van der Waals surface area contributed by atoms with Crippen molar-refractivity contribution in [2.24, 2.45) is 4.99 Å². The normalized spacial score (nSPS) is 31.4. The van der Waals surface area contributed by atoms with Crippen molar-refractivity contribution in [2.75, 3.05) is 0 Å². The Morgan fingerprint density at radius 3 is 3.00 bits per heavy atom. The van der Waals surface area contributed by atoms with E-state index >= 15 is 0 Å². The molecule has 1 nitrogen and oxygen atoms in total. The number of aliphatic imine (C=N–C) groups is 1. The van der Waals surface area contributed by atoms with Gasteiger partial charge in [-0.25, -0.2) is 0 Å². The van der Waals surface area contributed by atoms with Crippen LogP contribution in [0.2, 0.25) is 0 Å². The molecule has 0 radical (unpaired) electrons. The van der Waals surface area contributed by atoms with Crippen LogP contribution in [0.3, 0.4) is 0 Å². The average Bonchev–Trinajstić information content (AvgIpc) is 2.62. The summed E-state index contributed by atoms with van der Waals surface area (Å²) in [7, 11) is 0. The van der Waals surface area contributed by atoms with Crippen LogP contribution in [-0.2, 0) is 0 Å². The lowest BCUT2D eigenvalue weighted by Crippen LogP contribution is -1.91. The molecule has 1 aliphatic carbocycles. The monoisotopic (exact) mass is 107 g/mol. The fraction of sp³-hybridized carbons (Fsp3) is 0.571. The lowest BCUT2D eigenvalue weighted by atomic mass is 10.2. The first-order valence-corrected chi connectivity index (χ1v) is 3.17. The van der Waals surface area contributed by atoms with Crippen molar-refractivity contribution < 1.29 is 0 Å². The van der Waals surface area contributed by atoms with Gasteiger partial charge < -0.3 is 0 Å². The van der Waals surface area contributed by atoms with Gasteiger partial charge in [-0.1, -0.05) is 13.0 Å². The molecule has 0 spiro atoms. The van der Waals surface area contributed by atoms with E-state index in [2.05, 4.69) is 18.0 Å². The Hall–Kier alpha value is -0.590. The summed E-state index contributed by atoms with van der Waals surface area (Å²) in [5.41, 5.74) is 2.97. The Kier molecular flexibility index (Phi) is 0.655. The van der Waals surface area contributed by atoms with E-state index in [-0.39, 0.29) is 0 Å². The number of hydrogen-bond donors (Lipinski definition) is 0. The SMILES string of the molecule is CCC1=NC1C1=CC1. The summed E-state index contributed by atoms with van der Waals surface area (Å²) in [6.07, 6.45) is 4.65. The van der Waals surface area contributed by atoms with Crippen LogP contribution in [0.25, 0.3) is 0 Å². The van der Waals surface area contributed by atoms with E-state index in [1.165, 1.54) is 12.1 Å². The Morgan fingerprint density at radius 2 is 2.62 bits per heavy atom. The summed E-state index contributed by atoms with van der Waals surface area (Å²) in [4.78, 5) is 4.28. The highest BCUT2D eigenvalue weighted by atomic mass is 15.0. The molecule has 42 valence electrons. The van der Waals surface area contributed by atoms with E-state index in [1.54, 1.807) is 5.57 Å². The van der Waals surface area contributed by atoms with E-state index < -0.39 is 0 Å². The van der Waals surface area contributed by atoms with Gasteiger partial charge in [-0.15, -0.1) is 0 Å². The van der Waals surface area contributed by atoms with E-state index in [0.717, 1.165) is 6.42 Å². The first-order chi connectivity index (χ1) is 3.92. The molecule has 0 saturated heterocycles. The molecule has 0 bridgehead atoms. The summed E-state index contributed by atoms with van der Waals surface area (Å²) in [5.74, 6) is 0. The second-order valence-electron chi connectivity index (χ2n) is 2.36. The zero-order valence-electron chi connectivity index (χ0n) is 5.02. The summed E-state index contributed by atoms with van der Waals surface area (Å²) in [5, 5.41) is 0. The second-order valence-corrected chi connectivity index (χ2v) is 2.36. The van der Waals surface area contributed by atoms with E-state index in [1.807, 2.05) is 0 Å². The third-order valence-electron chi connectivity index (χ3n) is 1.70. The maximum atomic E-state index is 4.28. The van der Waals surface area contributed by atoms with Gasteiger partial charge in [0.15, 0.2) is 0 Å². The highest BCUT2D eigenvalue weighted by Gasteiger charge is 2.32. The van der Waals surface area contributed by atoms with Crippen LogP contribution >= 0.6 is 0 Å². The highest BCUT2D eigenvalue weighted by molar-refractivity contribution is 6.03. The standard InChI is InChI=1S/C7H9N/c1-2-6-7(8-6)5-3-4-5/h3,7H,2,4H2,1H3. The van der Waals surface area contributed by atoms with Crippen LogP contribution in [0.1, 0.15) is 19.8 Å². The molecule has 1 aliphatic heterocycles. The summed E-state index contributed by atoms with van der Waals surface area (Å²) in [6, 6.07) is 0.597. The molecule has 2 aliphatic rings. The number of nitrogens with zero attached hydrogens (tertiary/aromatic N) is 1. The molecule has 0 amide bonds. The second kappa shape index (κ2) is 1.22. The molecular formula is C7H9N. The minimum Gasteiger partial charge on any atom is -0.278 e. The van der Waals surface area contributed by atoms with Crippen molar-refractivity contribution in [1.82, 2.24) is 0 Å². The lowest BCUT2D eigenvalue weighted by Gasteiger charge is -1.80. The topological polar surface area (TPSA) is 12.4 Å². The van der Waals surface area contributed by atoms with Gasteiger partial charge in [-0.3, -0.25) is 4.99 Å². The van der Waals surface area contributed by atoms with Gasteiger partial charge >= 0.3 is 0 Å². The van der Waals surface area contributed by atoms with Gasteiger partial charge in [-0.2, -0.15) is 0 Å². The van der Waals surface area contributed by atoms with Crippen LogP contribution in [0.5, 0.6) is 0 Å². The third kappa shape index (κ3) is 0.507. The molecule has 8 heavy (non-hydrogen) atoms. The van der Waals surface area contributed by atoms with Gasteiger partial charge in [0, 0.05) is 5.71 Å². The summed E-state index contributed by atoms with van der Waals surface area (Å²) < 4.78 is 0. The summed E-state index contributed by atoms with van der Waals surface area (Å²) >= 11 is 0. The van der Waals surface area contributed by atoms with Gasteiger partial charge in [0.1, 0.15) is 6.04 Å². The average molecular weight is 107 g/mol. The van der Waals surface area contributed by atoms with Crippen LogP contribution in [0.15, 0.2) is 16.6 Å². The van der Waals surface area contributed by atoms with Crippen LogP contribution < -0.4 is 0 Å². The molecule has 0 fully saturated rings. The molecule has 0 aromatic rings. The fourth-order valence-electron chi connectivity index (χ4n) is 0.992. The maximum absolute atomic E-state index is 4.28. The Morgan fingerprint density at radius 1 is 1.88 bits per heavy atom. The number of hydrogen-bond acceptors (Lipinski definition) is 1. The Labute approximate surface area is 49.1 Å². The molecule has 2 rings (SSSR count). The van der Waals surface area contributed by atoms with Crippen LogP contribution in [0, 0.1) is 0 Å². The van der Waals surface area contributed by atoms with E-state index in [0.29, 0.717) is 6.04 Å².